The van der Waals surface area contributed by atoms with Gasteiger partial charge in [-0.3, -0.25) is 9.36 Å². The molecule has 2 heterocycles. The van der Waals surface area contributed by atoms with Crippen LogP contribution in [0.1, 0.15) is 92.9 Å². The zero-order chi connectivity index (χ0) is 27.0. The molecular formula is C24H35ClN4O5S2. The number of aromatic nitrogens is 2. The predicted octanol–water partition coefficient (Wildman–Crippen LogP) is 5.56. The summed E-state index contributed by atoms with van der Waals surface area (Å²) in [6, 6.07) is 0.0323. The number of halogens is 1. The first-order chi connectivity index (χ1) is 16.6. The van der Waals surface area contributed by atoms with E-state index in [1.807, 2.05) is 18.7 Å². The molecule has 1 aliphatic carbocycles. The summed E-state index contributed by atoms with van der Waals surface area (Å²) in [5, 5.41) is 3.26. The second-order valence-electron chi connectivity index (χ2n) is 10.5. The Labute approximate surface area is 222 Å². The van der Waals surface area contributed by atoms with Crippen molar-refractivity contribution in [3.63, 3.8) is 0 Å². The Morgan fingerprint density at radius 3 is 2.36 bits per heavy atom. The molecule has 0 saturated heterocycles. The molecule has 1 saturated carbocycles. The summed E-state index contributed by atoms with van der Waals surface area (Å²) in [5.74, 6) is -0.650. The topological polar surface area (TPSA) is 111 Å². The molecule has 1 amide bonds. The zero-order valence-corrected chi connectivity index (χ0v) is 24.2. The molecule has 3 rings (SSSR count). The summed E-state index contributed by atoms with van der Waals surface area (Å²) >= 11 is 7.29. The second kappa shape index (κ2) is 10.7. The number of hydrogen-bond acceptors (Lipinski definition) is 8. The van der Waals surface area contributed by atoms with Gasteiger partial charge in [-0.2, -0.15) is 4.98 Å². The lowest BCUT2D eigenvalue weighted by atomic mass is 9.95. The lowest BCUT2D eigenvalue weighted by molar-refractivity contribution is 0.00559. The van der Waals surface area contributed by atoms with Gasteiger partial charge in [-0.15, -0.1) is 11.3 Å². The Bertz CT molecular complexity index is 1240. The number of thiophene rings is 1. The highest BCUT2D eigenvalue weighted by Gasteiger charge is 2.34. The van der Waals surface area contributed by atoms with E-state index in [1.54, 1.807) is 39.5 Å². The number of amides is 1. The molecule has 2 aromatic rings. The van der Waals surface area contributed by atoms with Crippen LogP contribution < -0.4 is 10.2 Å². The number of carbonyl (C=O) groups is 2. The van der Waals surface area contributed by atoms with Gasteiger partial charge in [-0.1, -0.05) is 30.9 Å². The number of hydrogen-bond donors (Lipinski definition) is 1. The minimum atomic E-state index is -3.67. The Morgan fingerprint density at radius 1 is 1.22 bits per heavy atom. The number of anilines is 2. The van der Waals surface area contributed by atoms with Gasteiger partial charge in [0, 0.05) is 25.5 Å². The van der Waals surface area contributed by atoms with E-state index < -0.39 is 32.6 Å². The van der Waals surface area contributed by atoms with Crippen LogP contribution in [0.25, 0.3) is 0 Å². The lowest BCUT2D eigenvalue weighted by Gasteiger charge is -2.28. The summed E-state index contributed by atoms with van der Waals surface area (Å²) in [7, 11) is -0.0160. The van der Waals surface area contributed by atoms with Crippen LogP contribution in [-0.4, -0.2) is 54.8 Å². The predicted molar refractivity (Wildman–Crippen MR) is 143 cm³/mol. The van der Waals surface area contributed by atoms with Gasteiger partial charge in [-0.25, -0.2) is 13.2 Å². The first-order valence-electron chi connectivity index (χ1n) is 12.0. The number of imidazole rings is 1. The van der Waals surface area contributed by atoms with Crippen molar-refractivity contribution in [1.82, 2.24) is 9.55 Å². The van der Waals surface area contributed by atoms with E-state index in [2.05, 4.69) is 10.3 Å². The SMILES string of the molecule is CC(C)S(=O)(=O)c1csc(C(=O)Nc2nc(N(C)C)n(C3CCCCC3)c2C(=O)OC(C)(C)C)c1Cl. The normalized spacial score (nSPS) is 15.2. The van der Waals surface area contributed by atoms with Crippen molar-refractivity contribution < 1.29 is 22.7 Å². The maximum absolute atomic E-state index is 13.4. The number of carbonyl (C=O) groups excluding carboxylic acids is 2. The number of ether oxygens (including phenoxy) is 1. The maximum Gasteiger partial charge on any atom is 0.359 e. The Kier molecular flexibility index (Phi) is 8.47. The fourth-order valence-electron chi connectivity index (χ4n) is 4.12. The average molecular weight is 559 g/mol. The number of esters is 1. The van der Waals surface area contributed by atoms with Gasteiger partial charge in [0.05, 0.1) is 15.2 Å². The number of sulfone groups is 1. The minimum Gasteiger partial charge on any atom is -0.455 e. The highest BCUT2D eigenvalue weighted by atomic mass is 35.5. The van der Waals surface area contributed by atoms with E-state index in [4.69, 9.17) is 16.3 Å². The van der Waals surface area contributed by atoms with Gasteiger partial charge in [0.15, 0.2) is 21.3 Å². The van der Waals surface area contributed by atoms with Gasteiger partial charge < -0.3 is 15.0 Å². The van der Waals surface area contributed by atoms with Crippen LogP contribution >= 0.6 is 22.9 Å². The lowest BCUT2D eigenvalue weighted by Crippen LogP contribution is -2.29. The molecule has 0 spiro atoms. The summed E-state index contributed by atoms with van der Waals surface area (Å²) in [6.07, 6.45) is 4.96. The molecule has 12 heteroatoms. The largest absolute Gasteiger partial charge is 0.455 e. The number of rotatable bonds is 7. The standard InChI is InChI=1S/C24H35ClN4O5S2/c1-14(2)36(32,33)16-13-35-19(17(16)25)21(30)26-20-18(22(31)34-24(3,4)5)29(23(27-20)28(6)7)15-11-9-8-10-12-15/h13-15H,8-12H2,1-7H3,(H,26,30). The Balaban J connectivity index is 2.09. The average Bonchev–Trinajstić information content (AvgIpc) is 3.34. The van der Waals surface area contributed by atoms with Crippen LogP contribution in [0.15, 0.2) is 10.3 Å². The van der Waals surface area contributed by atoms with Crippen LogP contribution in [0.3, 0.4) is 0 Å². The molecule has 0 bridgehead atoms. The van der Waals surface area contributed by atoms with Gasteiger partial charge in [0.2, 0.25) is 5.95 Å². The van der Waals surface area contributed by atoms with Gasteiger partial charge in [0.1, 0.15) is 10.5 Å². The molecule has 1 aliphatic rings. The molecule has 200 valence electrons. The minimum absolute atomic E-state index is 0.0321. The number of nitrogens with zero attached hydrogens (tertiary/aromatic N) is 3. The van der Waals surface area contributed by atoms with E-state index in [0.717, 1.165) is 43.4 Å². The van der Waals surface area contributed by atoms with Gasteiger partial charge >= 0.3 is 5.97 Å². The smallest absolute Gasteiger partial charge is 0.359 e. The fourth-order valence-corrected chi connectivity index (χ4v) is 7.10. The number of nitrogens with one attached hydrogen (secondary N) is 1. The summed E-state index contributed by atoms with van der Waals surface area (Å²) in [6.45, 7) is 8.44. The van der Waals surface area contributed by atoms with Crippen LogP contribution in [-0.2, 0) is 14.6 Å². The molecule has 36 heavy (non-hydrogen) atoms. The first-order valence-corrected chi connectivity index (χ1v) is 14.8. The quantitative estimate of drug-likeness (QED) is 0.443. The third-order valence-electron chi connectivity index (χ3n) is 5.89. The van der Waals surface area contributed by atoms with Crippen LogP contribution in [0.4, 0.5) is 11.8 Å². The molecule has 1 fully saturated rings. The fraction of sp³-hybridized carbons (Fsp3) is 0.625. The van der Waals surface area contributed by atoms with E-state index in [1.165, 1.54) is 5.38 Å². The van der Waals surface area contributed by atoms with Crippen LogP contribution in [0, 0.1) is 0 Å². The molecule has 2 aromatic heterocycles. The Hall–Kier alpha value is -2.11. The molecule has 9 nitrogen and oxygen atoms in total. The molecular weight excluding hydrogens is 524 g/mol. The van der Waals surface area contributed by atoms with Crippen LogP contribution in [0.2, 0.25) is 5.02 Å². The highest BCUT2D eigenvalue weighted by molar-refractivity contribution is 7.92. The summed E-state index contributed by atoms with van der Waals surface area (Å²) < 4.78 is 32.8. The third kappa shape index (κ3) is 5.89. The molecule has 0 aromatic carbocycles. The van der Waals surface area contributed by atoms with Crippen molar-refractivity contribution in [1.29, 1.82) is 0 Å². The molecule has 1 N–H and O–H groups in total. The molecule has 0 atom stereocenters. The zero-order valence-electron chi connectivity index (χ0n) is 21.8. The van der Waals surface area contributed by atoms with E-state index in [-0.39, 0.29) is 32.3 Å². The van der Waals surface area contributed by atoms with Crippen molar-refractivity contribution in [3.05, 3.63) is 21.0 Å². The molecule has 0 aliphatic heterocycles. The van der Waals surface area contributed by atoms with Crippen molar-refractivity contribution in [3.8, 4) is 0 Å². The maximum atomic E-state index is 13.4. The van der Waals surface area contributed by atoms with E-state index in [0.29, 0.717) is 5.95 Å². The molecule has 0 unspecified atom stereocenters. The highest BCUT2D eigenvalue weighted by Crippen LogP contribution is 2.38. The van der Waals surface area contributed by atoms with Crippen LogP contribution in [0.5, 0.6) is 0 Å². The van der Waals surface area contributed by atoms with E-state index in [9.17, 15) is 18.0 Å². The first kappa shape index (κ1) is 28.5. The van der Waals surface area contributed by atoms with Gasteiger partial charge in [-0.05, 0) is 47.5 Å². The monoisotopic (exact) mass is 558 g/mol. The van der Waals surface area contributed by atoms with E-state index >= 15 is 0 Å². The van der Waals surface area contributed by atoms with Crippen molar-refractivity contribution in [2.24, 2.45) is 0 Å². The van der Waals surface area contributed by atoms with Crippen molar-refractivity contribution in [2.75, 3.05) is 24.3 Å². The van der Waals surface area contributed by atoms with Gasteiger partial charge in [0.25, 0.3) is 5.91 Å². The van der Waals surface area contributed by atoms with Crippen molar-refractivity contribution in [2.45, 2.75) is 88.5 Å². The Morgan fingerprint density at radius 2 is 1.83 bits per heavy atom. The second-order valence-corrected chi connectivity index (χ2v) is 14.2. The van der Waals surface area contributed by atoms with Crippen molar-refractivity contribution >= 4 is 56.4 Å². The molecule has 0 radical (unpaired) electrons. The summed E-state index contributed by atoms with van der Waals surface area (Å²) in [5.41, 5.74) is -0.591. The summed E-state index contributed by atoms with van der Waals surface area (Å²) in [4.78, 5) is 33.1. The third-order valence-corrected chi connectivity index (χ3v) is 9.81.